The highest BCUT2D eigenvalue weighted by Crippen LogP contribution is 2.30. The molecular weight excluding hydrogens is 405 g/mol. The summed E-state index contributed by atoms with van der Waals surface area (Å²) in [5.74, 6) is -0.102. The van der Waals surface area contributed by atoms with Crippen molar-refractivity contribution in [3.05, 3.63) is 59.7 Å². The van der Waals surface area contributed by atoms with Gasteiger partial charge < -0.3 is 19.7 Å². The maximum atomic E-state index is 12.7. The number of ether oxygens (including phenoxy) is 2. The maximum absolute atomic E-state index is 12.7. The van der Waals surface area contributed by atoms with Gasteiger partial charge in [0.2, 0.25) is 0 Å². The molecule has 29 heavy (non-hydrogen) atoms. The third-order valence-corrected chi connectivity index (χ3v) is 4.74. The predicted molar refractivity (Wildman–Crippen MR) is 106 cm³/mol. The van der Waals surface area contributed by atoms with Gasteiger partial charge in [-0.2, -0.15) is 13.2 Å². The standard InChI is InChI=1S/C20H19F3N2O3S/c21-20(22,23)15-2-1-3-16(12-15)24-18(26)13-28-17-6-4-14(5-7-17)19(29)25-8-10-27-11-9-25/h1-7,12H,8-11,13H2,(H,24,26). The zero-order chi connectivity index (χ0) is 20.9. The van der Waals surface area contributed by atoms with E-state index in [2.05, 4.69) is 10.2 Å². The largest absolute Gasteiger partial charge is 0.484 e. The van der Waals surface area contributed by atoms with Crippen LogP contribution >= 0.6 is 12.2 Å². The smallest absolute Gasteiger partial charge is 0.416 e. The molecule has 1 N–H and O–H groups in total. The van der Waals surface area contributed by atoms with Gasteiger partial charge in [0, 0.05) is 24.3 Å². The summed E-state index contributed by atoms with van der Waals surface area (Å²) in [4.78, 5) is 14.8. The molecule has 0 bridgehead atoms. The van der Waals surface area contributed by atoms with Crippen molar-refractivity contribution >= 4 is 28.8 Å². The van der Waals surface area contributed by atoms with Crippen LogP contribution < -0.4 is 10.1 Å². The number of carbonyl (C=O) groups is 1. The summed E-state index contributed by atoms with van der Waals surface area (Å²) in [6.07, 6.45) is -4.47. The fourth-order valence-corrected chi connectivity index (χ4v) is 3.08. The number of nitrogens with zero attached hydrogens (tertiary/aromatic N) is 1. The molecule has 2 aromatic rings. The molecule has 1 fully saturated rings. The van der Waals surface area contributed by atoms with E-state index in [1.165, 1.54) is 12.1 Å². The molecule has 0 spiro atoms. The average Bonchev–Trinajstić information content (AvgIpc) is 2.72. The Bertz CT molecular complexity index is 866. The summed E-state index contributed by atoms with van der Waals surface area (Å²) in [7, 11) is 0. The van der Waals surface area contributed by atoms with Crippen LogP contribution in [0.3, 0.4) is 0 Å². The number of hydrogen-bond donors (Lipinski definition) is 1. The minimum Gasteiger partial charge on any atom is -0.484 e. The Morgan fingerprint density at radius 3 is 2.48 bits per heavy atom. The van der Waals surface area contributed by atoms with Crippen molar-refractivity contribution in [2.24, 2.45) is 0 Å². The van der Waals surface area contributed by atoms with Crippen LogP contribution in [0.5, 0.6) is 5.75 Å². The molecule has 3 rings (SSSR count). The summed E-state index contributed by atoms with van der Waals surface area (Å²) < 4.78 is 48.9. The molecular formula is C20H19F3N2O3S. The van der Waals surface area contributed by atoms with E-state index in [0.717, 1.165) is 35.8 Å². The summed E-state index contributed by atoms with van der Waals surface area (Å²) in [5.41, 5.74) is 0.0883. The highest BCUT2D eigenvalue weighted by atomic mass is 32.1. The number of hydrogen-bond acceptors (Lipinski definition) is 4. The van der Waals surface area contributed by atoms with E-state index in [9.17, 15) is 18.0 Å². The van der Waals surface area contributed by atoms with Crippen molar-refractivity contribution in [3.8, 4) is 5.75 Å². The first-order valence-corrected chi connectivity index (χ1v) is 9.31. The van der Waals surface area contributed by atoms with Crippen LogP contribution in [0.15, 0.2) is 48.5 Å². The number of nitrogens with one attached hydrogen (secondary N) is 1. The third kappa shape index (κ3) is 5.91. The first kappa shape index (κ1) is 21.1. The number of halogens is 3. The topological polar surface area (TPSA) is 50.8 Å². The lowest BCUT2D eigenvalue weighted by molar-refractivity contribution is -0.137. The second-order valence-corrected chi connectivity index (χ2v) is 6.73. The van der Waals surface area contributed by atoms with Crippen molar-refractivity contribution in [1.82, 2.24) is 4.90 Å². The number of alkyl halides is 3. The number of rotatable bonds is 5. The van der Waals surface area contributed by atoms with Gasteiger partial charge in [-0.1, -0.05) is 18.3 Å². The Hall–Kier alpha value is -2.65. The fourth-order valence-electron chi connectivity index (χ4n) is 2.76. The lowest BCUT2D eigenvalue weighted by Gasteiger charge is -2.29. The quantitative estimate of drug-likeness (QED) is 0.742. The second kappa shape index (κ2) is 9.23. The van der Waals surface area contributed by atoms with Crippen molar-refractivity contribution < 1.29 is 27.4 Å². The van der Waals surface area contributed by atoms with E-state index >= 15 is 0 Å². The number of amides is 1. The Morgan fingerprint density at radius 2 is 1.83 bits per heavy atom. The molecule has 9 heteroatoms. The first-order chi connectivity index (χ1) is 13.8. The molecule has 1 amide bonds. The summed E-state index contributed by atoms with van der Waals surface area (Å²) in [6, 6.07) is 11.4. The van der Waals surface area contributed by atoms with E-state index in [1.54, 1.807) is 24.3 Å². The zero-order valence-electron chi connectivity index (χ0n) is 15.4. The first-order valence-electron chi connectivity index (χ1n) is 8.90. The van der Waals surface area contributed by atoms with E-state index in [1.807, 2.05) is 0 Å². The monoisotopic (exact) mass is 424 g/mol. The fraction of sp³-hybridized carbons (Fsp3) is 0.300. The highest BCUT2D eigenvalue weighted by Gasteiger charge is 2.30. The van der Waals surface area contributed by atoms with Gasteiger partial charge in [0.1, 0.15) is 10.7 Å². The number of morpholine rings is 1. The summed E-state index contributed by atoms with van der Waals surface area (Å²) in [6.45, 7) is 2.44. The van der Waals surface area contributed by atoms with Crippen LogP contribution in [0.2, 0.25) is 0 Å². The summed E-state index contributed by atoms with van der Waals surface area (Å²) in [5, 5.41) is 2.39. The molecule has 5 nitrogen and oxygen atoms in total. The van der Waals surface area contributed by atoms with Crippen LogP contribution in [0.1, 0.15) is 11.1 Å². The number of anilines is 1. The van der Waals surface area contributed by atoms with Gasteiger partial charge in [-0.15, -0.1) is 0 Å². The van der Waals surface area contributed by atoms with E-state index in [0.29, 0.717) is 19.0 Å². The van der Waals surface area contributed by atoms with Crippen LogP contribution in [0.4, 0.5) is 18.9 Å². The van der Waals surface area contributed by atoms with Crippen molar-refractivity contribution in [3.63, 3.8) is 0 Å². The van der Waals surface area contributed by atoms with E-state index in [4.69, 9.17) is 21.7 Å². The van der Waals surface area contributed by atoms with Crippen molar-refractivity contribution in [2.75, 3.05) is 38.2 Å². The number of thiocarbonyl (C=S) groups is 1. The van der Waals surface area contributed by atoms with Gasteiger partial charge in [0.25, 0.3) is 5.91 Å². The Labute approximate surface area is 171 Å². The Balaban J connectivity index is 1.52. The minimum atomic E-state index is -4.47. The van der Waals surface area contributed by atoms with Crippen molar-refractivity contribution in [1.29, 1.82) is 0 Å². The average molecular weight is 424 g/mol. The third-order valence-electron chi connectivity index (χ3n) is 4.24. The minimum absolute atomic E-state index is 0.0552. The Kier molecular flexibility index (Phi) is 6.71. The van der Waals surface area contributed by atoms with Gasteiger partial charge in [0.05, 0.1) is 18.8 Å². The molecule has 0 aliphatic carbocycles. The number of benzene rings is 2. The molecule has 1 heterocycles. The zero-order valence-corrected chi connectivity index (χ0v) is 16.2. The maximum Gasteiger partial charge on any atom is 0.416 e. The molecule has 0 aromatic heterocycles. The van der Waals surface area contributed by atoms with E-state index < -0.39 is 17.6 Å². The normalized spacial score (nSPS) is 14.4. The van der Waals surface area contributed by atoms with Crippen LogP contribution in [0.25, 0.3) is 0 Å². The second-order valence-electron chi connectivity index (χ2n) is 6.34. The Morgan fingerprint density at radius 1 is 1.14 bits per heavy atom. The van der Waals surface area contributed by atoms with E-state index in [-0.39, 0.29) is 12.3 Å². The molecule has 1 aliphatic heterocycles. The summed E-state index contributed by atoms with van der Waals surface area (Å²) >= 11 is 5.48. The highest BCUT2D eigenvalue weighted by molar-refractivity contribution is 7.80. The van der Waals surface area contributed by atoms with Crippen molar-refractivity contribution in [2.45, 2.75) is 6.18 Å². The molecule has 0 unspecified atom stereocenters. The lowest BCUT2D eigenvalue weighted by atomic mass is 10.2. The SMILES string of the molecule is O=C(COc1ccc(C(=S)N2CCOCC2)cc1)Nc1cccc(C(F)(F)F)c1. The molecule has 1 saturated heterocycles. The predicted octanol–water partition coefficient (Wildman–Crippen LogP) is 3.73. The molecule has 154 valence electrons. The van der Waals surface area contributed by atoms with Crippen LogP contribution in [-0.4, -0.2) is 48.7 Å². The number of carbonyl (C=O) groups excluding carboxylic acids is 1. The lowest BCUT2D eigenvalue weighted by Crippen LogP contribution is -2.40. The molecule has 1 aliphatic rings. The molecule has 0 radical (unpaired) electrons. The molecule has 2 aromatic carbocycles. The van der Waals surface area contributed by atoms with Gasteiger partial charge >= 0.3 is 6.18 Å². The van der Waals surface area contributed by atoms with Gasteiger partial charge in [-0.25, -0.2) is 0 Å². The van der Waals surface area contributed by atoms with Crippen LogP contribution in [-0.2, 0) is 15.7 Å². The van der Waals surface area contributed by atoms with Gasteiger partial charge in [-0.05, 0) is 42.5 Å². The van der Waals surface area contributed by atoms with Gasteiger partial charge in [0.15, 0.2) is 6.61 Å². The molecule has 0 saturated carbocycles. The molecule has 0 atom stereocenters. The van der Waals surface area contributed by atoms with Gasteiger partial charge in [-0.3, -0.25) is 4.79 Å². The van der Waals surface area contributed by atoms with Crippen LogP contribution in [0, 0.1) is 0 Å².